The van der Waals surface area contributed by atoms with Crippen LogP contribution in [0.3, 0.4) is 0 Å². The molecule has 14 heavy (non-hydrogen) atoms. The molecule has 92 valence electrons. The first-order valence-corrected chi connectivity index (χ1v) is 1.14. The molecule has 0 fully saturated rings. The molecule has 0 rings (SSSR count). The summed E-state index contributed by atoms with van der Waals surface area (Å²) < 4.78 is 0. The summed E-state index contributed by atoms with van der Waals surface area (Å²) in [5, 5.41) is 24.0. The molecule has 0 aromatic carbocycles. The van der Waals surface area contributed by atoms with E-state index in [0.717, 1.165) is 0 Å². The predicted molar refractivity (Wildman–Crippen MR) is 49.2 cm³/mol. The van der Waals surface area contributed by atoms with E-state index < -0.39 is 0 Å². The van der Waals surface area contributed by atoms with Gasteiger partial charge in [0, 0.05) is 19.9 Å². The molecule has 0 amide bonds. The third-order valence-corrected chi connectivity index (χ3v) is 0. The average molecular weight is 224 g/mol. The van der Waals surface area contributed by atoms with Crippen LogP contribution in [-0.4, -0.2) is 27.2 Å². The van der Waals surface area contributed by atoms with Gasteiger partial charge in [-0.15, -0.1) is 0 Å². The Balaban J connectivity index is -0.00000000515. The van der Waals surface area contributed by atoms with Crippen LogP contribution in [0.25, 0.3) is 0 Å². The summed E-state index contributed by atoms with van der Waals surface area (Å²) in [5.74, 6) is 0. The van der Waals surface area contributed by atoms with Crippen molar-refractivity contribution in [2.75, 3.05) is 0 Å². The fraction of sp³-hybridized carbons (Fsp3) is 0.750. The Morgan fingerprint density at radius 3 is 0.571 bits per heavy atom. The molecule has 0 radical (unpaired) electrons. The van der Waals surface area contributed by atoms with Crippen LogP contribution >= 0.6 is 0 Å². The van der Waals surface area contributed by atoms with Gasteiger partial charge in [-0.05, 0) is 0 Å². The van der Waals surface area contributed by atoms with E-state index in [4.69, 9.17) is 50.5 Å². The average Bonchev–Trinajstić information content (AvgIpc) is 2.18. The lowest BCUT2D eigenvalue weighted by Gasteiger charge is -1.25. The smallest absolute Gasteiger partial charge is 0.255 e. The van der Waals surface area contributed by atoms with Crippen molar-refractivity contribution >= 4 is 6.15 Å². The highest BCUT2D eigenvalue weighted by molar-refractivity contribution is 5.20. The number of carbonyl (C=O) groups excluding carboxylic acids is 2. The molecular weight excluding hydrogens is 208 g/mol. The third kappa shape index (κ3) is 370. The molecular formula is C4H16O10. The summed E-state index contributed by atoms with van der Waals surface area (Å²) in [7, 11) is 0. The maximum Gasteiger partial charge on any atom is 0.373 e. The van der Waals surface area contributed by atoms with Crippen LogP contribution < -0.4 is 0 Å². The molecule has 0 aliphatic carbocycles. The molecule has 0 saturated carbocycles. The lowest BCUT2D eigenvalue weighted by Crippen LogP contribution is -1.29. The summed E-state index contributed by atoms with van der Waals surface area (Å²) in [5.41, 5.74) is 0. The number of hydrogen-bond acceptors (Lipinski definition) is 10. The van der Waals surface area contributed by atoms with Crippen molar-refractivity contribution in [3.05, 3.63) is 19.9 Å². The van der Waals surface area contributed by atoms with Crippen LogP contribution in [0.15, 0.2) is 0 Å². The molecule has 0 bridgehead atoms. The summed E-state index contributed by atoms with van der Waals surface area (Å²) in [6.07, 6.45) is 0.250. The number of rotatable bonds is 0. The second-order valence-corrected chi connectivity index (χ2v) is 0.0833. The van der Waals surface area contributed by atoms with Gasteiger partial charge < -0.3 is 0 Å². The zero-order chi connectivity index (χ0) is 10.7. The predicted octanol–water partition coefficient (Wildman–Crippen LogP) is 1.49. The fourth-order valence-electron chi connectivity index (χ4n) is 0. The van der Waals surface area contributed by atoms with Crippen molar-refractivity contribution in [3.8, 4) is 0 Å². The van der Waals surface area contributed by atoms with Gasteiger partial charge in [0.15, 0.2) is 0 Å². The van der Waals surface area contributed by atoms with Crippen molar-refractivity contribution in [2.24, 2.45) is 0 Å². The Morgan fingerprint density at radius 2 is 0.571 bits per heavy atom. The van der Waals surface area contributed by atoms with E-state index in [1.54, 1.807) is 0 Å². The molecule has 0 saturated heterocycles. The first-order chi connectivity index (χ1) is 5.41. The quantitative estimate of drug-likeness (QED) is 0.347. The molecule has 10 nitrogen and oxygen atoms in total. The highest BCUT2D eigenvalue weighted by atomic mass is 17.0. The molecule has 0 atom stereocenters. The van der Waals surface area contributed by atoms with E-state index in [2.05, 4.69) is 0 Å². The van der Waals surface area contributed by atoms with Crippen LogP contribution in [0.5, 0.6) is 0 Å². The van der Waals surface area contributed by atoms with Gasteiger partial charge in [0.1, 0.15) is 0 Å². The molecule has 0 spiro atoms. The Labute approximate surface area is 80.1 Å². The molecule has 0 unspecified atom stereocenters. The highest BCUT2D eigenvalue weighted by Crippen LogP contribution is 0.788. The number of hydrogen-bond donors (Lipinski definition) is 4. The minimum absolute atomic E-state index is 0. The second kappa shape index (κ2) is 3690. The summed E-state index contributed by atoms with van der Waals surface area (Å²) in [6.45, 7) is 0. The van der Waals surface area contributed by atoms with Gasteiger partial charge in [-0.25, -0.2) is 0 Å². The summed E-state index contributed by atoms with van der Waals surface area (Å²) in [6, 6.07) is 0. The van der Waals surface area contributed by atoms with Crippen molar-refractivity contribution < 1.29 is 30.6 Å². The maximum atomic E-state index is 8.12. The first-order valence-electron chi connectivity index (χ1n) is 1.14. The first kappa shape index (κ1) is 82.9. The van der Waals surface area contributed by atoms with Crippen LogP contribution in [0, 0.1) is 19.9 Å². The summed E-state index contributed by atoms with van der Waals surface area (Å²) >= 11 is 0. The lowest BCUT2D eigenvalue weighted by molar-refractivity contribution is -0.191. The topological polar surface area (TPSA) is 183 Å². The van der Waals surface area contributed by atoms with Gasteiger partial charge in [0.25, 0.3) is 0 Å². The monoisotopic (exact) mass is 224 g/mol. The molecule has 10 heteroatoms. The van der Waals surface area contributed by atoms with Crippen molar-refractivity contribution in [1.82, 2.24) is 0 Å². The van der Waals surface area contributed by atoms with E-state index in [-0.39, 0.29) is 28.4 Å². The van der Waals surface area contributed by atoms with E-state index >= 15 is 0 Å². The highest BCUT2D eigenvalue weighted by Gasteiger charge is 1.13. The van der Waals surface area contributed by atoms with Crippen molar-refractivity contribution in [2.45, 2.75) is 22.3 Å². The Morgan fingerprint density at radius 1 is 0.571 bits per heavy atom. The third-order valence-electron chi connectivity index (χ3n) is 0. The Kier molecular flexibility index (Phi) is 21800. The Hall–Kier alpha value is -1.58. The zero-order valence-electron chi connectivity index (χ0n) is 4.74. The minimum atomic E-state index is 0. The van der Waals surface area contributed by atoms with Crippen LogP contribution in [0.2, 0.25) is 0 Å². The molecule has 0 aliphatic heterocycles. The van der Waals surface area contributed by atoms with Gasteiger partial charge in [-0.3, -0.25) is 21.0 Å². The van der Waals surface area contributed by atoms with E-state index in [0.29, 0.717) is 0 Å². The SMILES string of the molecule is C.C.C.O=C=O.O=O.O=O.OO.OO. The largest absolute Gasteiger partial charge is 0.373 e. The molecule has 0 aromatic heterocycles. The van der Waals surface area contributed by atoms with Gasteiger partial charge in [-0.1, -0.05) is 22.3 Å². The molecule has 4 N–H and O–H groups in total. The van der Waals surface area contributed by atoms with Crippen LogP contribution in [0.1, 0.15) is 22.3 Å². The van der Waals surface area contributed by atoms with Crippen LogP contribution in [0.4, 0.5) is 0 Å². The minimum Gasteiger partial charge on any atom is -0.255 e. The standard InChI is InChI=1S/CO2.3CH4.2H2O2.2O2/c2-1-3;;;;4*1-2/h;3*1H4;2*1-2H;;. The zero-order valence-corrected chi connectivity index (χ0v) is 4.74. The summed E-state index contributed by atoms with van der Waals surface area (Å²) in [4.78, 5) is 44.2. The van der Waals surface area contributed by atoms with Gasteiger partial charge in [0.05, 0.1) is 0 Å². The van der Waals surface area contributed by atoms with Crippen molar-refractivity contribution in [1.29, 1.82) is 0 Å². The lowest BCUT2D eigenvalue weighted by atomic mass is 11.8. The van der Waals surface area contributed by atoms with Crippen molar-refractivity contribution in [3.63, 3.8) is 0 Å². The maximum absolute atomic E-state index is 8.12. The molecule has 0 heterocycles. The van der Waals surface area contributed by atoms with E-state index in [1.807, 2.05) is 0 Å². The van der Waals surface area contributed by atoms with Gasteiger partial charge in [0.2, 0.25) is 0 Å². The molecule has 0 aromatic rings. The second-order valence-electron chi connectivity index (χ2n) is 0.0833. The molecule has 0 aliphatic rings. The van der Waals surface area contributed by atoms with Gasteiger partial charge >= 0.3 is 6.15 Å². The normalized spacial score (nSPS) is 2.00. The van der Waals surface area contributed by atoms with E-state index in [1.165, 1.54) is 0 Å². The fourth-order valence-corrected chi connectivity index (χ4v) is 0. The van der Waals surface area contributed by atoms with Gasteiger partial charge in [-0.2, -0.15) is 9.59 Å². The van der Waals surface area contributed by atoms with E-state index in [9.17, 15) is 0 Å². The van der Waals surface area contributed by atoms with Crippen LogP contribution in [-0.2, 0) is 9.59 Å². The Bertz CT molecular complexity index is 48.1.